The van der Waals surface area contributed by atoms with Gasteiger partial charge in [0.05, 0.1) is 6.54 Å². The Labute approximate surface area is 145 Å². The molecule has 0 radical (unpaired) electrons. The van der Waals surface area contributed by atoms with Crippen LogP contribution in [0.15, 0.2) is 47.6 Å². The molecule has 2 rings (SSSR count). The molecule has 0 aliphatic carbocycles. The van der Waals surface area contributed by atoms with E-state index < -0.39 is 0 Å². The zero-order valence-corrected chi connectivity index (χ0v) is 15.5. The molecule has 2 aromatic rings. The molecule has 0 aliphatic heterocycles. The zero-order chi connectivity index (χ0) is 17.5. The molecule has 0 amide bonds. The summed E-state index contributed by atoms with van der Waals surface area (Å²) >= 11 is 0. The van der Waals surface area contributed by atoms with Gasteiger partial charge in [-0.25, -0.2) is 0 Å². The molecule has 0 fully saturated rings. The fourth-order valence-electron chi connectivity index (χ4n) is 2.76. The molecule has 0 bridgehead atoms. The Morgan fingerprint density at radius 2 is 1.75 bits per heavy atom. The van der Waals surface area contributed by atoms with Gasteiger partial charge in [-0.2, -0.15) is 0 Å². The normalized spacial score (nSPS) is 11.8. The summed E-state index contributed by atoms with van der Waals surface area (Å²) in [6.45, 7) is 2.53. The van der Waals surface area contributed by atoms with Crippen LogP contribution in [0, 0.1) is 0 Å². The van der Waals surface area contributed by atoms with Crippen molar-refractivity contribution in [2.24, 2.45) is 12.0 Å². The van der Waals surface area contributed by atoms with Crippen LogP contribution >= 0.6 is 0 Å². The maximum atomic E-state index is 4.42. The first-order valence-electron chi connectivity index (χ1n) is 8.24. The van der Waals surface area contributed by atoms with Crippen LogP contribution in [0.25, 0.3) is 0 Å². The molecule has 0 unspecified atom stereocenters. The Hall–Kier alpha value is -2.27. The van der Waals surface area contributed by atoms with E-state index >= 15 is 0 Å². The van der Waals surface area contributed by atoms with Crippen molar-refractivity contribution in [3.05, 3.63) is 59.4 Å². The lowest BCUT2D eigenvalue weighted by atomic mass is 10.1. The monoisotopic (exact) mass is 327 g/mol. The highest BCUT2D eigenvalue weighted by atomic mass is 15.3. The molecule has 0 atom stereocenters. The number of guanidine groups is 1. The lowest BCUT2D eigenvalue weighted by Crippen LogP contribution is -2.38. The van der Waals surface area contributed by atoms with Crippen LogP contribution in [0.1, 0.15) is 16.8 Å². The third kappa shape index (κ3) is 4.86. The summed E-state index contributed by atoms with van der Waals surface area (Å²) in [5.74, 6) is 0.899. The minimum atomic E-state index is 0.772. The maximum absolute atomic E-state index is 4.42. The van der Waals surface area contributed by atoms with Gasteiger partial charge in [-0.15, -0.1) is 0 Å². The van der Waals surface area contributed by atoms with Gasteiger partial charge in [0.25, 0.3) is 0 Å². The van der Waals surface area contributed by atoms with Crippen LogP contribution in [-0.2, 0) is 26.7 Å². The van der Waals surface area contributed by atoms with Crippen molar-refractivity contribution in [1.29, 1.82) is 0 Å². The van der Waals surface area contributed by atoms with E-state index in [2.05, 4.69) is 95.5 Å². The second-order valence-corrected chi connectivity index (χ2v) is 6.37. The highest BCUT2D eigenvalue weighted by Gasteiger charge is 2.09. The van der Waals surface area contributed by atoms with E-state index in [0.29, 0.717) is 0 Å². The number of aliphatic imine (C=N–C) groups is 1. The van der Waals surface area contributed by atoms with E-state index in [9.17, 15) is 0 Å². The van der Waals surface area contributed by atoms with Gasteiger partial charge in [0, 0.05) is 46.1 Å². The fourth-order valence-corrected chi connectivity index (χ4v) is 2.76. The van der Waals surface area contributed by atoms with Crippen molar-refractivity contribution in [3.8, 4) is 0 Å². The Kier molecular flexibility index (Phi) is 6.44. The number of benzene rings is 1. The van der Waals surface area contributed by atoms with Crippen molar-refractivity contribution in [2.75, 3.05) is 28.2 Å². The number of aryl methyl sites for hydroxylation is 1. The van der Waals surface area contributed by atoms with E-state index in [1.807, 2.05) is 7.05 Å². The fraction of sp³-hybridized carbons (Fsp3) is 0.421. The van der Waals surface area contributed by atoms with E-state index in [0.717, 1.165) is 25.6 Å². The summed E-state index contributed by atoms with van der Waals surface area (Å²) in [6.07, 6.45) is 2.07. The predicted molar refractivity (Wildman–Crippen MR) is 101 cm³/mol. The first-order chi connectivity index (χ1) is 11.5. The molecule has 1 aromatic heterocycles. The number of rotatable bonds is 6. The molecule has 0 aliphatic rings. The molecular weight excluding hydrogens is 298 g/mol. The van der Waals surface area contributed by atoms with Crippen molar-refractivity contribution in [1.82, 2.24) is 19.7 Å². The Bertz CT molecular complexity index is 672. The van der Waals surface area contributed by atoms with Crippen LogP contribution in [0.2, 0.25) is 0 Å². The van der Waals surface area contributed by atoms with Gasteiger partial charge in [0.15, 0.2) is 5.96 Å². The van der Waals surface area contributed by atoms with Crippen molar-refractivity contribution in [3.63, 3.8) is 0 Å². The average molecular weight is 327 g/mol. The summed E-state index contributed by atoms with van der Waals surface area (Å²) in [5, 5.41) is 3.48. The van der Waals surface area contributed by atoms with Crippen LogP contribution in [0.5, 0.6) is 0 Å². The summed E-state index contributed by atoms with van der Waals surface area (Å²) in [5.41, 5.74) is 3.91. The smallest absolute Gasteiger partial charge is 0.194 e. The van der Waals surface area contributed by atoms with Gasteiger partial charge >= 0.3 is 0 Å². The van der Waals surface area contributed by atoms with Gasteiger partial charge in [0.1, 0.15) is 0 Å². The van der Waals surface area contributed by atoms with E-state index in [-0.39, 0.29) is 0 Å². The molecule has 0 spiro atoms. The zero-order valence-electron chi connectivity index (χ0n) is 15.5. The standard InChI is InChI=1S/C19H29N5/c1-20-19(24(5)15-18-11-8-12-23(18)4)21-13-16-9-6-7-10-17(16)14-22(2)3/h6-12H,13-15H2,1-5H3,(H,20,21). The molecular formula is C19H29N5. The quantitative estimate of drug-likeness (QED) is 0.653. The molecule has 5 heteroatoms. The van der Waals surface area contributed by atoms with Crippen LogP contribution in [0.3, 0.4) is 0 Å². The van der Waals surface area contributed by atoms with Gasteiger partial charge in [-0.3, -0.25) is 4.99 Å². The van der Waals surface area contributed by atoms with E-state index in [4.69, 9.17) is 0 Å². The molecule has 0 saturated carbocycles. The topological polar surface area (TPSA) is 35.8 Å². The van der Waals surface area contributed by atoms with Crippen LogP contribution in [0.4, 0.5) is 0 Å². The molecule has 5 nitrogen and oxygen atoms in total. The van der Waals surface area contributed by atoms with Gasteiger partial charge in [0.2, 0.25) is 0 Å². The first-order valence-corrected chi connectivity index (χ1v) is 8.24. The predicted octanol–water partition coefficient (Wildman–Crippen LogP) is 2.29. The molecule has 1 N–H and O–H groups in total. The highest BCUT2D eigenvalue weighted by molar-refractivity contribution is 5.79. The summed E-state index contributed by atoms with van der Waals surface area (Å²) < 4.78 is 2.14. The van der Waals surface area contributed by atoms with Crippen molar-refractivity contribution in [2.45, 2.75) is 19.6 Å². The SMILES string of the molecule is CN=C(NCc1ccccc1CN(C)C)N(C)Cc1cccn1C. The molecule has 1 heterocycles. The molecule has 0 saturated heterocycles. The average Bonchev–Trinajstić information content (AvgIpc) is 2.94. The molecule has 1 aromatic carbocycles. The second kappa shape index (κ2) is 8.55. The van der Waals surface area contributed by atoms with Gasteiger partial charge in [-0.1, -0.05) is 24.3 Å². The lowest BCUT2D eigenvalue weighted by molar-refractivity contribution is 0.400. The summed E-state index contributed by atoms with van der Waals surface area (Å²) in [4.78, 5) is 8.75. The number of hydrogen-bond donors (Lipinski definition) is 1. The van der Waals surface area contributed by atoms with E-state index in [1.165, 1.54) is 16.8 Å². The highest BCUT2D eigenvalue weighted by Crippen LogP contribution is 2.11. The Balaban J connectivity index is 2.00. The van der Waals surface area contributed by atoms with Crippen molar-refractivity contribution < 1.29 is 0 Å². The number of nitrogens with one attached hydrogen (secondary N) is 1. The largest absolute Gasteiger partial charge is 0.353 e. The van der Waals surface area contributed by atoms with Crippen molar-refractivity contribution >= 4 is 5.96 Å². The third-order valence-electron chi connectivity index (χ3n) is 4.07. The second-order valence-electron chi connectivity index (χ2n) is 6.37. The number of hydrogen-bond acceptors (Lipinski definition) is 2. The maximum Gasteiger partial charge on any atom is 0.194 e. The summed E-state index contributed by atoms with van der Waals surface area (Å²) in [7, 11) is 10.1. The molecule has 24 heavy (non-hydrogen) atoms. The number of nitrogens with zero attached hydrogens (tertiary/aromatic N) is 4. The first kappa shape index (κ1) is 18.1. The van der Waals surface area contributed by atoms with Gasteiger partial charge in [-0.05, 0) is 37.4 Å². The number of aromatic nitrogens is 1. The minimum absolute atomic E-state index is 0.772. The Morgan fingerprint density at radius 1 is 1.04 bits per heavy atom. The third-order valence-corrected chi connectivity index (χ3v) is 4.07. The molecule has 130 valence electrons. The van der Waals surface area contributed by atoms with Gasteiger partial charge < -0.3 is 19.7 Å². The van der Waals surface area contributed by atoms with Crippen LogP contribution < -0.4 is 5.32 Å². The van der Waals surface area contributed by atoms with E-state index in [1.54, 1.807) is 0 Å². The Morgan fingerprint density at radius 3 is 2.33 bits per heavy atom. The minimum Gasteiger partial charge on any atom is -0.353 e. The summed E-state index contributed by atoms with van der Waals surface area (Å²) in [6, 6.07) is 12.8. The lowest BCUT2D eigenvalue weighted by Gasteiger charge is -2.23. The van der Waals surface area contributed by atoms with Crippen LogP contribution in [-0.4, -0.2) is 48.5 Å².